The van der Waals surface area contributed by atoms with Crippen molar-refractivity contribution in [3.63, 3.8) is 0 Å². The van der Waals surface area contributed by atoms with Crippen molar-refractivity contribution in [3.05, 3.63) is 77.1 Å². The van der Waals surface area contributed by atoms with Crippen LogP contribution in [-0.4, -0.2) is 46.5 Å². The Morgan fingerprint density at radius 1 is 1.04 bits per heavy atom. The van der Waals surface area contributed by atoms with Gasteiger partial charge in [-0.1, -0.05) is 60.2 Å². The number of morpholine rings is 1. The second kappa shape index (κ2) is 8.41. The van der Waals surface area contributed by atoms with E-state index in [-0.39, 0.29) is 6.04 Å². The molecule has 1 aromatic heterocycles. The minimum absolute atomic E-state index is 0.125. The Kier molecular flexibility index (Phi) is 5.55. The Morgan fingerprint density at radius 3 is 2.52 bits per heavy atom. The van der Waals surface area contributed by atoms with Crippen molar-refractivity contribution in [2.24, 2.45) is 0 Å². The number of nitrogens with one attached hydrogen (secondary N) is 1. The summed E-state index contributed by atoms with van der Waals surface area (Å²) in [5, 5.41) is 12.8. The number of ether oxygens (including phenoxy) is 1. The van der Waals surface area contributed by atoms with Gasteiger partial charge in [0.2, 0.25) is 5.82 Å². The molecule has 1 aliphatic heterocycles. The van der Waals surface area contributed by atoms with Crippen molar-refractivity contribution in [1.82, 2.24) is 20.2 Å². The Balaban J connectivity index is 1.62. The molecule has 0 saturated carbocycles. The lowest BCUT2D eigenvalue weighted by Gasteiger charge is -2.31. The van der Waals surface area contributed by atoms with E-state index in [0.717, 1.165) is 45.1 Å². The van der Waals surface area contributed by atoms with E-state index in [4.69, 9.17) is 4.74 Å². The SMILES string of the molecule is Cc1ccc([C@@H](c2nnnn2CCc2ccccc2)[NH+]2CCOCC2)cc1. The summed E-state index contributed by atoms with van der Waals surface area (Å²) in [6.45, 7) is 6.38. The number of rotatable bonds is 6. The first-order valence-corrected chi connectivity index (χ1v) is 9.60. The van der Waals surface area contributed by atoms with E-state index in [2.05, 4.69) is 71.0 Å². The van der Waals surface area contributed by atoms with Crippen molar-refractivity contribution >= 4 is 0 Å². The maximum atomic E-state index is 5.58. The minimum atomic E-state index is 0.125. The molecule has 2 aromatic carbocycles. The predicted molar refractivity (Wildman–Crippen MR) is 103 cm³/mol. The van der Waals surface area contributed by atoms with Crippen LogP contribution in [0, 0.1) is 6.92 Å². The maximum absolute atomic E-state index is 5.58. The number of hydrogen-bond donors (Lipinski definition) is 1. The van der Waals surface area contributed by atoms with Gasteiger partial charge in [-0.05, 0) is 29.3 Å². The van der Waals surface area contributed by atoms with Crippen LogP contribution in [0.15, 0.2) is 54.6 Å². The van der Waals surface area contributed by atoms with Gasteiger partial charge in [0.1, 0.15) is 13.1 Å². The summed E-state index contributed by atoms with van der Waals surface area (Å²) in [5.74, 6) is 0.937. The average molecular weight is 364 g/mol. The third kappa shape index (κ3) is 4.23. The third-order valence-electron chi connectivity index (χ3n) is 5.23. The van der Waals surface area contributed by atoms with Crippen LogP contribution in [0.4, 0.5) is 0 Å². The molecule has 6 heteroatoms. The second-order valence-electron chi connectivity index (χ2n) is 7.11. The van der Waals surface area contributed by atoms with E-state index < -0.39 is 0 Å². The van der Waals surface area contributed by atoms with Gasteiger partial charge >= 0.3 is 0 Å². The van der Waals surface area contributed by atoms with Crippen molar-refractivity contribution in [1.29, 1.82) is 0 Å². The number of aryl methyl sites for hydroxylation is 3. The highest BCUT2D eigenvalue weighted by atomic mass is 16.5. The number of nitrogens with zero attached hydrogens (tertiary/aromatic N) is 4. The Hall–Kier alpha value is -2.57. The van der Waals surface area contributed by atoms with Crippen LogP contribution in [-0.2, 0) is 17.7 Å². The van der Waals surface area contributed by atoms with Crippen LogP contribution in [0.3, 0.4) is 0 Å². The number of tetrazole rings is 1. The Labute approximate surface area is 159 Å². The molecule has 0 amide bonds. The summed E-state index contributed by atoms with van der Waals surface area (Å²) in [6, 6.07) is 19.4. The maximum Gasteiger partial charge on any atom is 0.214 e. The summed E-state index contributed by atoms with van der Waals surface area (Å²) in [6.07, 6.45) is 0.915. The zero-order valence-corrected chi connectivity index (χ0v) is 15.7. The van der Waals surface area contributed by atoms with Gasteiger partial charge in [-0.15, -0.1) is 5.10 Å². The molecule has 4 rings (SSSR count). The number of aromatic nitrogens is 4. The van der Waals surface area contributed by atoms with Crippen molar-refractivity contribution in [2.45, 2.75) is 25.9 Å². The lowest BCUT2D eigenvalue weighted by Crippen LogP contribution is -3.14. The highest BCUT2D eigenvalue weighted by molar-refractivity contribution is 5.26. The van der Waals surface area contributed by atoms with E-state index >= 15 is 0 Å². The fourth-order valence-corrected chi connectivity index (χ4v) is 3.71. The molecule has 0 bridgehead atoms. The topological polar surface area (TPSA) is 57.3 Å². The normalized spacial score (nSPS) is 16.3. The zero-order valence-electron chi connectivity index (χ0n) is 15.7. The minimum Gasteiger partial charge on any atom is -0.370 e. The molecule has 1 fully saturated rings. The average Bonchev–Trinajstić information content (AvgIpc) is 3.18. The molecule has 27 heavy (non-hydrogen) atoms. The zero-order chi connectivity index (χ0) is 18.5. The monoisotopic (exact) mass is 364 g/mol. The molecule has 0 spiro atoms. The molecule has 2 heterocycles. The Bertz CT molecular complexity index is 841. The fraction of sp³-hybridized carbons (Fsp3) is 0.381. The fourth-order valence-electron chi connectivity index (χ4n) is 3.71. The number of quaternary nitrogens is 1. The summed E-state index contributed by atoms with van der Waals surface area (Å²) < 4.78 is 7.55. The highest BCUT2D eigenvalue weighted by Gasteiger charge is 2.32. The Morgan fingerprint density at radius 2 is 1.78 bits per heavy atom. The first kappa shape index (κ1) is 17.8. The van der Waals surface area contributed by atoms with E-state index in [0.29, 0.717) is 0 Å². The van der Waals surface area contributed by atoms with Gasteiger partial charge in [0, 0.05) is 12.1 Å². The van der Waals surface area contributed by atoms with Crippen LogP contribution in [0.1, 0.15) is 28.6 Å². The van der Waals surface area contributed by atoms with Gasteiger partial charge < -0.3 is 9.64 Å². The van der Waals surface area contributed by atoms with Crippen molar-refractivity contribution in [2.75, 3.05) is 26.3 Å². The van der Waals surface area contributed by atoms with E-state index in [1.807, 2.05) is 10.7 Å². The summed E-state index contributed by atoms with van der Waals surface area (Å²) >= 11 is 0. The summed E-state index contributed by atoms with van der Waals surface area (Å²) in [7, 11) is 0. The summed E-state index contributed by atoms with van der Waals surface area (Å²) in [4.78, 5) is 1.46. The molecule has 0 radical (unpaired) electrons. The smallest absolute Gasteiger partial charge is 0.214 e. The number of hydrogen-bond acceptors (Lipinski definition) is 4. The molecular weight excluding hydrogens is 338 g/mol. The van der Waals surface area contributed by atoms with Gasteiger partial charge in [0.05, 0.1) is 13.2 Å². The molecule has 1 saturated heterocycles. The molecule has 140 valence electrons. The lowest BCUT2D eigenvalue weighted by molar-refractivity contribution is -0.933. The van der Waals surface area contributed by atoms with E-state index in [1.165, 1.54) is 21.6 Å². The molecule has 1 atom stereocenters. The van der Waals surface area contributed by atoms with Crippen LogP contribution < -0.4 is 4.90 Å². The molecule has 6 nitrogen and oxygen atoms in total. The van der Waals surface area contributed by atoms with Gasteiger partial charge in [-0.25, -0.2) is 4.68 Å². The van der Waals surface area contributed by atoms with E-state index in [9.17, 15) is 0 Å². The molecule has 1 N–H and O–H groups in total. The largest absolute Gasteiger partial charge is 0.370 e. The quantitative estimate of drug-likeness (QED) is 0.715. The van der Waals surface area contributed by atoms with Crippen molar-refractivity contribution < 1.29 is 9.64 Å². The van der Waals surface area contributed by atoms with Crippen molar-refractivity contribution in [3.8, 4) is 0 Å². The highest BCUT2D eigenvalue weighted by Crippen LogP contribution is 2.18. The molecule has 3 aromatic rings. The second-order valence-corrected chi connectivity index (χ2v) is 7.11. The molecule has 0 unspecified atom stereocenters. The molecular formula is C21H26N5O+. The van der Waals surface area contributed by atoms with Gasteiger partial charge in [-0.2, -0.15) is 0 Å². The first-order chi connectivity index (χ1) is 13.3. The third-order valence-corrected chi connectivity index (χ3v) is 5.23. The van der Waals surface area contributed by atoms with Gasteiger partial charge in [0.25, 0.3) is 0 Å². The van der Waals surface area contributed by atoms with Crippen LogP contribution in [0.2, 0.25) is 0 Å². The first-order valence-electron chi connectivity index (χ1n) is 9.60. The van der Waals surface area contributed by atoms with E-state index in [1.54, 1.807) is 0 Å². The summed E-state index contributed by atoms with van der Waals surface area (Å²) in [5.41, 5.74) is 3.82. The van der Waals surface area contributed by atoms with Crippen LogP contribution in [0.5, 0.6) is 0 Å². The number of benzene rings is 2. The lowest BCUT2D eigenvalue weighted by atomic mass is 10.0. The molecule has 1 aliphatic rings. The molecule has 0 aliphatic carbocycles. The van der Waals surface area contributed by atoms with Crippen LogP contribution in [0.25, 0.3) is 0 Å². The predicted octanol–water partition coefficient (Wildman–Crippen LogP) is 1.23. The van der Waals surface area contributed by atoms with Gasteiger partial charge in [0.15, 0.2) is 6.04 Å². The van der Waals surface area contributed by atoms with Crippen LogP contribution >= 0.6 is 0 Å². The van der Waals surface area contributed by atoms with Gasteiger partial charge in [-0.3, -0.25) is 0 Å². The standard InChI is InChI=1S/C21H25N5O/c1-17-7-9-19(10-8-17)20(25-13-15-27-16-14-25)21-22-23-24-26(21)12-11-18-5-3-2-4-6-18/h2-10,20H,11-16H2,1H3/p+1/t20-/m0/s1.